The minimum Gasteiger partial charge on any atom is -0.236 e. The fourth-order valence-electron chi connectivity index (χ4n) is 17.7. The Labute approximate surface area is 594 Å². The highest BCUT2D eigenvalue weighted by Gasteiger charge is 2.30. The van der Waals surface area contributed by atoms with Gasteiger partial charge in [-0.25, -0.2) is 19.9 Å². The van der Waals surface area contributed by atoms with E-state index in [-0.39, 0.29) is 0 Å². The van der Waals surface area contributed by atoms with Crippen molar-refractivity contribution in [3.05, 3.63) is 329 Å². The first-order valence-corrected chi connectivity index (χ1v) is 35.5. The number of H-pyrrole nitrogens is 1. The minimum absolute atomic E-state index is 0.636. The van der Waals surface area contributed by atoms with Crippen molar-refractivity contribution < 1.29 is 4.57 Å². The maximum atomic E-state index is 5.90. The molecule has 0 unspecified atom stereocenters. The third-order valence-corrected chi connectivity index (χ3v) is 21.8. The summed E-state index contributed by atoms with van der Waals surface area (Å²) in [5.74, 6) is 2.93. The van der Waals surface area contributed by atoms with E-state index in [0.29, 0.717) is 17.5 Å². The summed E-state index contributed by atoms with van der Waals surface area (Å²) in [4.78, 5) is 21.4. The van der Waals surface area contributed by atoms with Crippen LogP contribution in [0.5, 0.6) is 0 Å². The number of aromatic amines is 1. The number of hydrogen-bond donors (Lipinski definition) is 1. The number of aromatic nitrogens is 5. The van der Waals surface area contributed by atoms with E-state index in [1.165, 1.54) is 126 Å². The molecule has 18 rings (SSSR count). The van der Waals surface area contributed by atoms with Gasteiger partial charge in [-0.3, -0.25) is 0 Å². The first-order valence-electron chi connectivity index (χ1n) is 35.5. The minimum atomic E-state index is 0.636. The van der Waals surface area contributed by atoms with Gasteiger partial charge in [-0.05, 0) is 269 Å². The molecule has 0 amide bonds. The maximum Gasteiger partial charge on any atom is 0.292 e. The maximum absolute atomic E-state index is 5.90. The molecule has 0 bridgehead atoms. The molecule has 16 aromatic carbocycles. The Hall–Kier alpha value is -12.4. The van der Waals surface area contributed by atoms with E-state index in [9.17, 15) is 0 Å². The molecule has 0 spiro atoms. The SMILES string of the molecule is Cc1cc(C)c(-c2nc(-c3c(C)cc(C)c(-c4c5ccccc5c(-c5cccc6ccccc56)c5ccccc45)c3C)nc(-c3c(C)cc(C)c(-c4c5ccccc5c(-c5cccc6ccccc56)c5ccccc45)c3C)n2)c(C)c1-c1ccc(-c2[nH]c3ccccc3[n+]2-c2ccccc2)cc1. The average molecular weight is 1310 g/mol. The van der Waals surface area contributed by atoms with Gasteiger partial charge < -0.3 is 0 Å². The lowest BCUT2D eigenvalue weighted by Crippen LogP contribution is -2.31. The van der Waals surface area contributed by atoms with Crippen LogP contribution in [0, 0.1) is 62.3 Å². The Balaban J connectivity index is 0.875. The molecule has 1 N–H and O–H groups in total. The number of imidazole rings is 1. The summed E-state index contributed by atoms with van der Waals surface area (Å²) in [6.45, 7) is 20.4. The van der Waals surface area contributed by atoms with Crippen LogP contribution in [-0.2, 0) is 0 Å². The Morgan fingerprint density at radius 1 is 0.245 bits per heavy atom. The summed E-state index contributed by atoms with van der Waals surface area (Å²) in [6.07, 6.45) is 0. The quantitative estimate of drug-likeness (QED) is 0.110. The molecular weight excluding hydrogens is 1240 g/mol. The monoisotopic (exact) mass is 1310 g/mol. The van der Waals surface area contributed by atoms with Crippen LogP contribution in [0.15, 0.2) is 279 Å². The Morgan fingerprint density at radius 2 is 0.559 bits per heavy atom. The molecule has 5 nitrogen and oxygen atoms in total. The molecule has 0 aliphatic carbocycles. The van der Waals surface area contributed by atoms with Crippen molar-refractivity contribution in [2.45, 2.75) is 62.3 Å². The van der Waals surface area contributed by atoms with Gasteiger partial charge in [0, 0.05) is 16.7 Å². The summed E-state index contributed by atoms with van der Waals surface area (Å²) in [5, 5.41) is 14.5. The van der Waals surface area contributed by atoms with Gasteiger partial charge in [-0.15, -0.1) is 0 Å². The topological polar surface area (TPSA) is 58.3 Å². The second kappa shape index (κ2) is 24.5. The second-order valence-electron chi connectivity index (χ2n) is 27.9. The standard InChI is InChI=1S/C97H73N5/c1-56-53-59(4)87(62(7)84(56)67-49-51-68(52-50-67)97-98-82-47-25-26-48-83(82)102(97)69-33-11-10-12-34-69)94-99-95(88-60(5)54-57(2)85(63(88)8)92-78-41-21-17-37-74(78)90(75-38-18-22-42-79(75)92)72-45-27-31-65-29-13-15-35-70(65)72)101-96(100-94)89-61(6)55-58(3)86(64(89)9)93-80-43-23-19-39-76(80)91(77-40-20-24-44-81(77)93)73-46-28-32-66-30-14-16-36-71(66)73/h10-55H,1-9H3/p+1. The van der Waals surface area contributed by atoms with Crippen LogP contribution in [-0.4, -0.2) is 19.9 Å². The zero-order chi connectivity index (χ0) is 69.2. The normalized spacial score (nSPS) is 11.8. The Bertz CT molecular complexity index is 6120. The van der Waals surface area contributed by atoms with Gasteiger partial charge in [-0.1, -0.05) is 243 Å². The van der Waals surface area contributed by atoms with Crippen molar-refractivity contribution in [3.8, 4) is 107 Å². The lowest BCUT2D eigenvalue weighted by molar-refractivity contribution is -0.554. The third kappa shape index (κ3) is 9.81. The number of para-hydroxylation sites is 3. The Kier molecular flexibility index (Phi) is 14.8. The first kappa shape index (κ1) is 61.9. The molecule has 486 valence electrons. The summed E-state index contributed by atoms with van der Waals surface area (Å²) in [6, 6.07) is 102. The number of benzene rings is 16. The fraction of sp³-hybridized carbons (Fsp3) is 0.0928. The van der Waals surface area contributed by atoms with E-state index in [2.05, 4.69) is 351 Å². The van der Waals surface area contributed by atoms with Gasteiger partial charge in [0.25, 0.3) is 5.82 Å². The first-order chi connectivity index (χ1) is 49.9. The van der Waals surface area contributed by atoms with Crippen molar-refractivity contribution in [1.82, 2.24) is 19.9 Å². The van der Waals surface area contributed by atoms with Gasteiger partial charge in [0.1, 0.15) is 5.69 Å². The molecule has 5 heteroatoms. The molecule has 0 aliphatic heterocycles. The van der Waals surface area contributed by atoms with E-state index in [1.807, 2.05) is 0 Å². The summed E-state index contributed by atoms with van der Waals surface area (Å²) in [7, 11) is 0. The summed E-state index contributed by atoms with van der Waals surface area (Å²) < 4.78 is 2.32. The second-order valence-corrected chi connectivity index (χ2v) is 27.9. The zero-order valence-electron chi connectivity index (χ0n) is 58.8. The molecule has 0 saturated carbocycles. The van der Waals surface area contributed by atoms with Crippen molar-refractivity contribution in [2.75, 3.05) is 0 Å². The van der Waals surface area contributed by atoms with Crippen molar-refractivity contribution >= 4 is 75.7 Å². The number of rotatable bonds is 10. The highest BCUT2D eigenvalue weighted by Crippen LogP contribution is 2.52. The summed E-state index contributed by atoms with van der Waals surface area (Å²) >= 11 is 0. The van der Waals surface area contributed by atoms with Crippen LogP contribution in [0.4, 0.5) is 0 Å². The van der Waals surface area contributed by atoms with Crippen LogP contribution in [0.1, 0.15) is 50.1 Å². The van der Waals surface area contributed by atoms with Gasteiger partial charge in [0.2, 0.25) is 0 Å². The van der Waals surface area contributed by atoms with Crippen LogP contribution in [0.25, 0.3) is 183 Å². The van der Waals surface area contributed by atoms with Crippen LogP contribution < -0.4 is 4.57 Å². The van der Waals surface area contributed by atoms with E-state index < -0.39 is 0 Å². The van der Waals surface area contributed by atoms with E-state index in [1.54, 1.807) is 0 Å². The molecule has 0 atom stereocenters. The van der Waals surface area contributed by atoms with Crippen molar-refractivity contribution in [3.63, 3.8) is 0 Å². The highest BCUT2D eigenvalue weighted by molar-refractivity contribution is 6.26. The van der Waals surface area contributed by atoms with Crippen LogP contribution in [0.3, 0.4) is 0 Å². The number of hydrogen-bond acceptors (Lipinski definition) is 3. The largest absolute Gasteiger partial charge is 0.292 e. The van der Waals surface area contributed by atoms with Crippen molar-refractivity contribution in [1.29, 1.82) is 0 Å². The summed E-state index contributed by atoms with van der Waals surface area (Å²) in [5.41, 5.74) is 29.6. The highest BCUT2D eigenvalue weighted by atomic mass is 15.1. The molecule has 102 heavy (non-hydrogen) atoms. The molecule has 0 fully saturated rings. The predicted octanol–water partition coefficient (Wildman–Crippen LogP) is 25.3. The lowest BCUT2D eigenvalue weighted by atomic mass is 9.81. The Morgan fingerprint density at radius 3 is 0.980 bits per heavy atom. The smallest absolute Gasteiger partial charge is 0.236 e. The van der Waals surface area contributed by atoms with Gasteiger partial charge in [-0.2, -0.15) is 4.57 Å². The van der Waals surface area contributed by atoms with Crippen LogP contribution >= 0.6 is 0 Å². The van der Waals surface area contributed by atoms with E-state index >= 15 is 0 Å². The van der Waals surface area contributed by atoms with E-state index in [4.69, 9.17) is 15.0 Å². The third-order valence-electron chi connectivity index (χ3n) is 21.8. The van der Waals surface area contributed by atoms with Gasteiger partial charge in [0.05, 0.1) is 5.56 Å². The number of nitrogens with one attached hydrogen (secondary N) is 1. The molecule has 0 saturated heterocycles. The van der Waals surface area contributed by atoms with Gasteiger partial charge >= 0.3 is 0 Å². The molecule has 18 aromatic rings. The predicted molar refractivity (Wildman–Crippen MR) is 430 cm³/mol. The number of nitrogens with zero attached hydrogens (tertiary/aromatic N) is 4. The zero-order valence-corrected chi connectivity index (χ0v) is 58.8. The molecule has 0 aliphatic rings. The molecule has 2 aromatic heterocycles. The lowest BCUT2D eigenvalue weighted by Gasteiger charge is -2.24. The fourth-order valence-corrected chi connectivity index (χ4v) is 17.7. The van der Waals surface area contributed by atoms with Crippen LogP contribution in [0.2, 0.25) is 0 Å². The average Bonchev–Trinajstić information content (AvgIpc) is 0.905. The molecule has 2 heterocycles. The molecular formula is C97H74N5+. The number of fused-ring (bicyclic) bond motifs is 7. The molecule has 0 radical (unpaired) electrons. The number of aryl methyl sites for hydroxylation is 6. The van der Waals surface area contributed by atoms with Gasteiger partial charge in [0.15, 0.2) is 28.5 Å². The van der Waals surface area contributed by atoms with Crippen molar-refractivity contribution in [2.24, 2.45) is 0 Å². The van der Waals surface area contributed by atoms with E-state index in [0.717, 1.165) is 89.3 Å².